The molecule has 31 heavy (non-hydrogen) atoms. The van der Waals surface area contributed by atoms with Crippen molar-refractivity contribution in [3.8, 4) is 11.3 Å². The average molecular weight is 420 g/mol. The highest BCUT2D eigenvalue weighted by Gasteiger charge is 2.32. The molecule has 1 aromatic heterocycles. The summed E-state index contributed by atoms with van der Waals surface area (Å²) >= 11 is 0. The van der Waals surface area contributed by atoms with Gasteiger partial charge in [0, 0.05) is 11.7 Å². The van der Waals surface area contributed by atoms with Crippen molar-refractivity contribution in [1.29, 1.82) is 0 Å². The standard InChI is InChI=1S/C25H26FN3O2/c1-17(24(30)27-19-11-5-6-12-19)29(23-14-8-7-13-20(23)26)25(31)22-16-15-21(28-22)18-9-3-2-4-10-18/h2-4,7-10,13-17,19,28H,5-6,11-12H2,1H3,(H,27,30)/t17-/m0/s1. The molecule has 2 amide bonds. The number of nitrogens with one attached hydrogen (secondary N) is 2. The lowest BCUT2D eigenvalue weighted by molar-refractivity contribution is -0.122. The topological polar surface area (TPSA) is 65.2 Å². The molecule has 1 aliphatic rings. The van der Waals surface area contributed by atoms with E-state index >= 15 is 0 Å². The zero-order valence-corrected chi connectivity index (χ0v) is 17.5. The van der Waals surface area contributed by atoms with E-state index in [1.54, 1.807) is 25.1 Å². The number of aromatic nitrogens is 1. The summed E-state index contributed by atoms with van der Waals surface area (Å²) in [5.74, 6) is -1.29. The van der Waals surface area contributed by atoms with Crippen molar-refractivity contribution in [1.82, 2.24) is 10.3 Å². The summed E-state index contributed by atoms with van der Waals surface area (Å²) < 4.78 is 14.7. The predicted octanol–water partition coefficient (Wildman–Crippen LogP) is 4.91. The van der Waals surface area contributed by atoms with Gasteiger partial charge in [0.15, 0.2) is 0 Å². The van der Waals surface area contributed by atoms with Gasteiger partial charge in [-0.15, -0.1) is 0 Å². The predicted molar refractivity (Wildman–Crippen MR) is 119 cm³/mol. The molecule has 0 bridgehead atoms. The van der Waals surface area contributed by atoms with Crippen LogP contribution in [0.1, 0.15) is 43.1 Å². The number of carbonyl (C=O) groups is 2. The largest absolute Gasteiger partial charge is 0.352 e. The Labute approximate surface area is 181 Å². The number of hydrogen-bond donors (Lipinski definition) is 2. The Bertz CT molecular complexity index is 1060. The SMILES string of the molecule is C[C@@H](C(=O)NC1CCCC1)N(C(=O)c1ccc(-c2ccccc2)[nH]1)c1ccccc1F. The second kappa shape index (κ2) is 9.16. The van der Waals surface area contributed by atoms with Gasteiger partial charge in [-0.3, -0.25) is 14.5 Å². The van der Waals surface area contributed by atoms with Gasteiger partial charge in [-0.1, -0.05) is 55.3 Å². The Morgan fingerprint density at radius 2 is 1.68 bits per heavy atom. The Morgan fingerprint density at radius 3 is 2.39 bits per heavy atom. The summed E-state index contributed by atoms with van der Waals surface area (Å²) in [7, 11) is 0. The van der Waals surface area contributed by atoms with Crippen LogP contribution in [0.3, 0.4) is 0 Å². The lowest BCUT2D eigenvalue weighted by Gasteiger charge is -2.29. The van der Waals surface area contributed by atoms with Crippen LogP contribution in [0.4, 0.5) is 10.1 Å². The summed E-state index contributed by atoms with van der Waals surface area (Å²) in [4.78, 5) is 30.8. The number of nitrogens with zero attached hydrogens (tertiary/aromatic N) is 1. The Kier molecular flexibility index (Phi) is 6.16. The van der Waals surface area contributed by atoms with Gasteiger partial charge >= 0.3 is 0 Å². The van der Waals surface area contributed by atoms with E-state index in [0.29, 0.717) is 5.69 Å². The van der Waals surface area contributed by atoms with E-state index in [-0.39, 0.29) is 17.6 Å². The molecule has 1 heterocycles. The number of para-hydroxylation sites is 1. The minimum absolute atomic E-state index is 0.0810. The molecule has 2 N–H and O–H groups in total. The molecule has 1 aliphatic carbocycles. The number of carbonyl (C=O) groups excluding carboxylic acids is 2. The minimum Gasteiger partial charge on any atom is -0.352 e. The first-order valence-corrected chi connectivity index (χ1v) is 10.7. The molecule has 4 rings (SSSR count). The molecule has 0 unspecified atom stereocenters. The summed E-state index contributed by atoms with van der Waals surface area (Å²) in [5, 5.41) is 3.02. The van der Waals surface area contributed by atoms with Gasteiger partial charge in [0.05, 0.1) is 5.69 Å². The van der Waals surface area contributed by atoms with Gasteiger partial charge in [0.1, 0.15) is 17.6 Å². The number of benzene rings is 2. The van der Waals surface area contributed by atoms with Crippen LogP contribution in [-0.2, 0) is 4.79 Å². The Balaban J connectivity index is 1.64. The third-order valence-electron chi connectivity index (χ3n) is 5.80. The van der Waals surface area contributed by atoms with Crippen molar-refractivity contribution in [2.24, 2.45) is 0 Å². The minimum atomic E-state index is -0.867. The summed E-state index contributed by atoms with van der Waals surface area (Å²) in [5.41, 5.74) is 2.09. The number of rotatable bonds is 6. The molecule has 5 nitrogen and oxygen atoms in total. The number of H-pyrrole nitrogens is 1. The maximum Gasteiger partial charge on any atom is 0.275 e. The van der Waals surface area contributed by atoms with E-state index < -0.39 is 17.8 Å². The van der Waals surface area contributed by atoms with Gasteiger partial charge in [0.25, 0.3) is 5.91 Å². The first-order chi connectivity index (χ1) is 15.0. The second-order valence-electron chi connectivity index (χ2n) is 7.94. The van der Waals surface area contributed by atoms with E-state index in [1.807, 2.05) is 36.4 Å². The fourth-order valence-corrected chi connectivity index (χ4v) is 4.09. The van der Waals surface area contributed by atoms with Crippen LogP contribution in [-0.4, -0.2) is 28.9 Å². The number of aromatic amines is 1. The zero-order chi connectivity index (χ0) is 21.8. The molecular formula is C25H26FN3O2. The summed E-state index contributed by atoms with van der Waals surface area (Å²) in [6.07, 6.45) is 4.03. The fraction of sp³-hybridized carbons (Fsp3) is 0.280. The highest BCUT2D eigenvalue weighted by Crippen LogP contribution is 2.26. The first kappa shape index (κ1) is 20.8. The number of amides is 2. The summed E-state index contributed by atoms with van der Waals surface area (Å²) in [6.45, 7) is 1.63. The quantitative estimate of drug-likeness (QED) is 0.596. The monoisotopic (exact) mass is 419 g/mol. The van der Waals surface area contributed by atoms with Crippen LogP contribution in [0, 0.1) is 5.82 Å². The van der Waals surface area contributed by atoms with Crippen LogP contribution in [0.25, 0.3) is 11.3 Å². The van der Waals surface area contributed by atoms with Crippen molar-refractivity contribution < 1.29 is 14.0 Å². The Hall–Kier alpha value is -3.41. The van der Waals surface area contributed by atoms with Gasteiger partial charge in [-0.05, 0) is 49.6 Å². The molecule has 1 fully saturated rings. The average Bonchev–Trinajstić information content (AvgIpc) is 3.48. The first-order valence-electron chi connectivity index (χ1n) is 10.7. The van der Waals surface area contributed by atoms with Crippen LogP contribution in [0.15, 0.2) is 66.7 Å². The number of anilines is 1. The fourth-order valence-electron chi connectivity index (χ4n) is 4.09. The van der Waals surface area contributed by atoms with Crippen molar-refractivity contribution in [3.05, 3.63) is 78.2 Å². The van der Waals surface area contributed by atoms with Crippen molar-refractivity contribution in [2.75, 3.05) is 4.90 Å². The van der Waals surface area contributed by atoms with Crippen molar-refractivity contribution >= 4 is 17.5 Å². The molecule has 0 radical (unpaired) electrons. The van der Waals surface area contributed by atoms with Gasteiger partial charge < -0.3 is 10.3 Å². The maximum atomic E-state index is 14.7. The lowest BCUT2D eigenvalue weighted by Crippen LogP contribution is -2.50. The summed E-state index contributed by atoms with van der Waals surface area (Å²) in [6, 6.07) is 18.4. The van der Waals surface area contributed by atoms with E-state index in [1.165, 1.54) is 17.0 Å². The molecule has 0 aliphatic heterocycles. The molecular weight excluding hydrogens is 393 g/mol. The normalized spacial score (nSPS) is 14.9. The maximum absolute atomic E-state index is 14.7. The Morgan fingerprint density at radius 1 is 1.00 bits per heavy atom. The van der Waals surface area contributed by atoms with Crippen LogP contribution >= 0.6 is 0 Å². The van der Waals surface area contributed by atoms with Crippen LogP contribution in [0.2, 0.25) is 0 Å². The number of hydrogen-bond acceptors (Lipinski definition) is 2. The van der Waals surface area contributed by atoms with Crippen molar-refractivity contribution in [3.63, 3.8) is 0 Å². The van der Waals surface area contributed by atoms with E-state index in [0.717, 1.165) is 36.9 Å². The van der Waals surface area contributed by atoms with Crippen molar-refractivity contribution in [2.45, 2.75) is 44.7 Å². The lowest BCUT2D eigenvalue weighted by atomic mass is 10.1. The smallest absolute Gasteiger partial charge is 0.275 e. The highest BCUT2D eigenvalue weighted by molar-refractivity contribution is 6.09. The van der Waals surface area contributed by atoms with E-state index in [9.17, 15) is 14.0 Å². The van der Waals surface area contributed by atoms with E-state index in [4.69, 9.17) is 0 Å². The second-order valence-corrected chi connectivity index (χ2v) is 7.94. The molecule has 2 aromatic carbocycles. The third kappa shape index (κ3) is 4.53. The van der Waals surface area contributed by atoms with Crippen LogP contribution < -0.4 is 10.2 Å². The highest BCUT2D eigenvalue weighted by atomic mass is 19.1. The number of halogens is 1. The zero-order valence-electron chi connectivity index (χ0n) is 17.5. The van der Waals surface area contributed by atoms with Crippen LogP contribution in [0.5, 0.6) is 0 Å². The third-order valence-corrected chi connectivity index (χ3v) is 5.80. The molecule has 0 spiro atoms. The van der Waals surface area contributed by atoms with E-state index in [2.05, 4.69) is 10.3 Å². The molecule has 1 saturated carbocycles. The molecule has 160 valence electrons. The molecule has 6 heteroatoms. The van der Waals surface area contributed by atoms with Gasteiger partial charge in [-0.2, -0.15) is 0 Å². The molecule has 3 aromatic rings. The van der Waals surface area contributed by atoms with Gasteiger partial charge in [-0.25, -0.2) is 4.39 Å². The van der Waals surface area contributed by atoms with Gasteiger partial charge in [0.2, 0.25) is 5.91 Å². The molecule has 1 atom stereocenters. The molecule has 0 saturated heterocycles.